The number of carbonyl (C=O) groups excluding carboxylic acids is 2. The number of hydrogen-bond donors (Lipinski definition) is 0. The zero-order valence-electron chi connectivity index (χ0n) is 16.4. The molecule has 2 rings (SSSR count). The number of imide groups is 1. The molecular weight excluding hydrogens is 322 g/mol. The molecule has 0 aromatic heterocycles. The molecule has 1 aromatic rings. The molecule has 1 unspecified atom stereocenters. The fraction of sp³-hybridized carbons (Fsp3) is 0.565. The number of hydrogen-bond acceptors (Lipinski definition) is 2. The molecule has 1 aliphatic rings. The molecule has 1 heterocycles. The Kier molecular flexibility index (Phi) is 8.60. The van der Waals surface area contributed by atoms with Crippen molar-refractivity contribution in [3.8, 4) is 0 Å². The molecule has 142 valence electrons. The van der Waals surface area contributed by atoms with Gasteiger partial charge in [-0.05, 0) is 25.5 Å². The first kappa shape index (κ1) is 20.4. The second-order valence-corrected chi connectivity index (χ2v) is 7.38. The zero-order valence-corrected chi connectivity index (χ0v) is 16.4. The average Bonchev–Trinajstić information content (AvgIpc) is 2.66. The van der Waals surface area contributed by atoms with Gasteiger partial charge in [-0.1, -0.05) is 88.1 Å². The van der Waals surface area contributed by atoms with Crippen LogP contribution in [0.3, 0.4) is 0 Å². The maximum absolute atomic E-state index is 12.9. The standard InChI is InChI=1S/C23H33NO2/c1-3-4-5-6-7-8-9-13-16-21-19(2)17-18-24(23(21)26)22(25)20-14-11-10-12-15-20/h10-12,14-15,17,21H,3-9,13,16,18H2,1-2H3. The van der Waals surface area contributed by atoms with Gasteiger partial charge in [-0.15, -0.1) is 0 Å². The van der Waals surface area contributed by atoms with Crippen molar-refractivity contribution in [3.05, 3.63) is 47.5 Å². The minimum absolute atomic E-state index is 0.0261. The van der Waals surface area contributed by atoms with E-state index in [1.807, 2.05) is 31.2 Å². The van der Waals surface area contributed by atoms with E-state index >= 15 is 0 Å². The van der Waals surface area contributed by atoms with Crippen molar-refractivity contribution in [2.75, 3.05) is 6.54 Å². The Morgan fingerprint density at radius 3 is 2.27 bits per heavy atom. The monoisotopic (exact) mass is 355 g/mol. The summed E-state index contributed by atoms with van der Waals surface area (Å²) in [7, 11) is 0. The minimum Gasteiger partial charge on any atom is -0.274 e. The number of carbonyl (C=O) groups is 2. The highest BCUT2D eigenvalue weighted by Gasteiger charge is 2.32. The Hall–Kier alpha value is -1.90. The molecule has 0 spiro atoms. The third-order valence-corrected chi connectivity index (χ3v) is 5.32. The van der Waals surface area contributed by atoms with Gasteiger partial charge < -0.3 is 0 Å². The van der Waals surface area contributed by atoms with Crippen molar-refractivity contribution in [1.82, 2.24) is 4.90 Å². The van der Waals surface area contributed by atoms with Crippen molar-refractivity contribution in [1.29, 1.82) is 0 Å². The van der Waals surface area contributed by atoms with Crippen molar-refractivity contribution in [2.24, 2.45) is 5.92 Å². The lowest BCUT2D eigenvalue weighted by Gasteiger charge is -2.30. The van der Waals surface area contributed by atoms with Crippen LogP contribution in [0.2, 0.25) is 0 Å². The first-order valence-corrected chi connectivity index (χ1v) is 10.2. The Bertz CT molecular complexity index is 606. The molecule has 0 aliphatic carbocycles. The van der Waals surface area contributed by atoms with Crippen LogP contribution in [0.4, 0.5) is 0 Å². The number of unbranched alkanes of at least 4 members (excludes halogenated alkanes) is 7. The van der Waals surface area contributed by atoms with E-state index in [4.69, 9.17) is 0 Å². The van der Waals surface area contributed by atoms with Gasteiger partial charge in [0.1, 0.15) is 0 Å². The Balaban J connectivity index is 1.81. The highest BCUT2D eigenvalue weighted by atomic mass is 16.2. The molecule has 0 N–H and O–H groups in total. The predicted molar refractivity (Wildman–Crippen MR) is 107 cm³/mol. The van der Waals surface area contributed by atoms with Crippen LogP contribution in [0.15, 0.2) is 42.0 Å². The maximum atomic E-state index is 12.9. The van der Waals surface area contributed by atoms with Crippen LogP contribution in [0.5, 0.6) is 0 Å². The fourth-order valence-electron chi connectivity index (χ4n) is 3.60. The molecule has 0 radical (unpaired) electrons. The quantitative estimate of drug-likeness (QED) is 0.304. The summed E-state index contributed by atoms with van der Waals surface area (Å²) in [4.78, 5) is 26.9. The molecule has 0 saturated heterocycles. The Morgan fingerprint density at radius 2 is 1.62 bits per heavy atom. The second kappa shape index (κ2) is 10.9. The van der Waals surface area contributed by atoms with Crippen molar-refractivity contribution < 1.29 is 9.59 Å². The summed E-state index contributed by atoms with van der Waals surface area (Å²) >= 11 is 0. The number of rotatable bonds is 10. The van der Waals surface area contributed by atoms with E-state index in [9.17, 15) is 9.59 Å². The van der Waals surface area contributed by atoms with Crippen LogP contribution in [-0.4, -0.2) is 23.3 Å². The highest BCUT2D eigenvalue weighted by molar-refractivity contribution is 6.06. The third kappa shape index (κ3) is 5.82. The van der Waals surface area contributed by atoms with Crippen LogP contribution in [0.1, 0.15) is 82.0 Å². The summed E-state index contributed by atoms with van der Waals surface area (Å²) in [5, 5.41) is 0. The molecular formula is C23H33NO2. The predicted octanol–water partition coefficient (Wildman–Crippen LogP) is 5.76. The third-order valence-electron chi connectivity index (χ3n) is 5.32. The van der Waals surface area contributed by atoms with E-state index < -0.39 is 0 Å². The summed E-state index contributed by atoms with van der Waals surface area (Å²) in [6.07, 6.45) is 13.0. The van der Waals surface area contributed by atoms with Crippen molar-refractivity contribution >= 4 is 11.8 Å². The highest BCUT2D eigenvalue weighted by Crippen LogP contribution is 2.26. The lowest BCUT2D eigenvalue weighted by Crippen LogP contribution is -2.44. The van der Waals surface area contributed by atoms with Gasteiger partial charge in [-0.25, -0.2) is 0 Å². The van der Waals surface area contributed by atoms with Gasteiger partial charge in [-0.2, -0.15) is 0 Å². The molecule has 3 heteroatoms. The first-order chi connectivity index (χ1) is 12.6. The summed E-state index contributed by atoms with van der Waals surface area (Å²) in [6.45, 7) is 4.66. The summed E-state index contributed by atoms with van der Waals surface area (Å²) in [5.41, 5.74) is 1.70. The number of benzene rings is 1. The van der Waals surface area contributed by atoms with Crippen molar-refractivity contribution in [3.63, 3.8) is 0 Å². The molecule has 0 fully saturated rings. The maximum Gasteiger partial charge on any atom is 0.260 e. The summed E-state index contributed by atoms with van der Waals surface area (Å²) in [5.74, 6) is -0.335. The number of nitrogens with zero attached hydrogens (tertiary/aromatic N) is 1. The molecule has 0 bridgehead atoms. The largest absolute Gasteiger partial charge is 0.274 e. The van der Waals surface area contributed by atoms with Gasteiger partial charge >= 0.3 is 0 Å². The van der Waals surface area contributed by atoms with Crippen LogP contribution in [-0.2, 0) is 4.79 Å². The van der Waals surface area contributed by atoms with E-state index in [-0.39, 0.29) is 17.7 Å². The molecule has 1 atom stereocenters. The van der Waals surface area contributed by atoms with Crippen LogP contribution in [0.25, 0.3) is 0 Å². The van der Waals surface area contributed by atoms with E-state index in [1.54, 1.807) is 12.1 Å². The molecule has 3 nitrogen and oxygen atoms in total. The van der Waals surface area contributed by atoms with Gasteiger partial charge in [0.15, 0.2) is 0 Å². The van der Waals surface area contributed by atoms with Crippen LogP contribution in [0, 0.1) is 5.92 Å². The van der Waals surface area contributed by atoms with E-state index in [0.717, 1.165) is 18.4 Å². The molecule has 0 saturated carbocycles. The Morgan fingerprint density at radius 1 is 1.00 bits per heavy atom. The normalized spacial score (nSPS) is 17.3. The fourth-order valence-corrected chi connectivity index (χ4v) is 3.60. The van der Waals surface area contributed by atoms with E-state index in [1.165, 1.54) is 49.8 Å². The summed E-state index contributed by atoms with van der Waals surface area (Å²) in [6, 6.07) is 9.09. The van der Waals surface area contributed by atoms with E-state index in [2.05, 4.69) is 6.92 Å². The van der Waals surface area contributed by atoms with Gasteiger partial charge in [0.05, 0.1) is 5.92 Å². The smallest absolute Gasteiger partial charge is 0.260 e. The summed E-state index contributed by atoms with van der Waals surface area (Å²) < 4.78 is 0. The molecule has 1 aromatic carbocycles. The van der Waals surface area contributed by atoms with Gasteiger partial charge in [0, 0.05) is 12.1 Å². The lowest BCUT2D eigenvalue weighted by molar-refractivity contribution is -0.132. The SMILES string of the molecule is CCCCCCCCCCC1C(=O)N(C(=O)c2ccccc2)CC=C1C. The average molecular weight is 356 g/mol. The van der Waals surface area contributed by atoms with Gasteiger partial charge in [0.2, 0.25) is 5.91 Å². The topological polar surface area (TPSA) is 37.4 Å². The molecule has 1 aliphatic heterocycles. The van der Waals surface area contributed by atoms with Crippen LogP contribution < -0.4 is 0 Å². The Labute approximate surface area is 158 Å². The van der Waals surface area contributed by atoms with Crippen LogP contribution >= 0.6 is 0 Å². The molecule has 2 amide bonds. The second-order valence-electron chi connectivity index (χ2n) is 7.38. The lowest BCUT2D eigenvalue weighted by atomic mass is 9.89. The molecule has 26 heavy (non-hydrogen) atoms. The number of amides is 2. The minimum atomic E-state index is -0.180. The van der Waals surface area contributed by atoms with Crippen molar-refractivity contribution in [2.45, 2.75) is 71.6 Å². The van der Waals surface area contributed by atoms with E-state index in [0.29, 0.717) is 12.1 Å². The zero-order chi connectivity index (χ0) is 18.8. The first-order valence-electron chi connectivity index (χ1n) is 10.2. The van der Waals surface area contributed by atoms with Gasteiger partial charge in [0.25, 0.3) is 5.91 Å². The van der Waals surface area contributed by atoms with Gasteiger partial charge in [-0.3, -0.25) is 14.5 Å².